The molecule has 1 N–H and O–H groups in total. The van der Waals surface area contributed by atoms with Crippen LogP contribution in [0.5, 0.6) is 0 Å². The molecule has 6 heteroatoms. The Hall–Kier alpha value is -2.52. The third kappa shape index (κ3) is 5.49. The number of carboxylic acid groups (broad SMARTS) is 1. The number of aliphatic imine (C=N–C) groups is 1. The van der Waals surface area contributed by atoms with Crippen LogP contribution in [-0.2, 0) is 4.79 Å². The fourth-order valence-electron chi connectivity index (χ4n) is 3.61. The van der Waals surface area contributed by atoms with Crippen LogP contribution in [0, 0.1) is 11.3 Å². The molecule has 5 nitrogen and oxygen atoms in total. The highest BCUT2D eigenvalue weighted by Gasteiger charge is 2.30. The number of nitriles is 1. The number of hydrogen-bond donors (Lipinski definition) is 1. The summed E-state index contributed by atoms with van der Waals surface area (Å²) in [5, 5.41) is 20.8. The van der Waals surface area contributed by atoms with Crippen LogP contribution < -0.4 is 0 Å². The van der Waals surface area contributed by atoms with E-state index in [-0.39, 0.29) is 6.42 Å². The molecule has 3 rings (SSSR count). The molecule has 2 atom stereocenters. The van der Waals surface area contributed by atoms with Gasteiger partial charge in [0.15, 0.2) is 0 Å². The van der Waals surface area contributed by atoms with Crippen molar-refractivity contribution in [1.82, 2.24) is 4.98 Å². The van der Waals surface area contributed by atoms with Crippen LogP contribution in [-0.4, -0.2) is 28.3 Å². The number of hydrogen-bond acceptors (Lipinski definition) is 5. The first-order valence-electron chi connectivity index (χ1n) is 9.87. The highest BCUT2D eigenvalue weighted by atomic mass is 32.1. The maximum atomic E-state index is 10.5. The largest absolute Gasteiger partial charge is 0.481 e. The molecule has 1 heterocycles. The third-order valence-corrected chi connectivity index (χ3v) is 6.13. The number of thiazole rings is 1. The van der Waals surface area contributed by atoms with Crippen LogP contribution in [0.25, 0.3) is 11.3 Å². The van der Waals surface area contributed by atoms with Gasteiger partial charge in [0, 0.05) is 23.3 Å². The Morgan fingerprint density at radius 3 is 2.86 bits per heavy atom. The van der Waals surface area contributed by atoms with Crippen LogP contribution in [0.2, 0.25) is 0 Å². The summed E-state index contributed by atoms with van der Waals surface area (Å²) in [7, 11) is 0. The summed E-state index contributed by atoms with van der Waals surface area (Å²) in [5.41, 5.74) is 2.67. The Kier molecular flexibility index (Phi) is 7.32. The van der Waals surface area contributed by atoms with Gasteiger partial charge in [-0.15, -0.1) is 11.3 Å². The van der Waals surface area contributed by atoms with Crippen LogP contribution in [0.3, 0.4) is 0 Å². The predicted molar refractivity (Wildman–Crippen MR) is 112 cm³/mol. The molecule has 0 bridgehead atoms. The molecule has 1 aliphatic rings. The minimum Gasteiger partial charge on any atom is -0.481 e. The van der Waals surface area contributed by atoms with E-state index in [1.54, 1.807) is 11.3 Å². The monoisotopic (exact) mass is 395 g/mol. The molecule has 0 saturated heterocycles. The average molecular weight is 396 g/mol. The summed E-state index contributed by atoms with van der Waals surface area (Å²) in [4.78, 5) is 20.2. The summed E-state index contributed by atoms with van der Waals surface area (Å²) in [5.74, 6) is -0.327. The minimum absolute atomic E-state index is 0.257. The summed E-state index contributed by atoms with van der Waals surface area (Å²) in [6.45, 7) is 0. The first-order chi connectivity index (χ1) is 13.7. The van der Waals surface area contributed by atoms with Crippen LogP contribution in [0.1, 0.15) is 67.9 Å². The van der Waals surface area contributed by atoms with Gasteiger partial charge in [-0.25, -0.2) is 4.98 Å². The number of benzene rings is 1. The standard InChI is InChI=1S/C22H25N3O2S/c23-14-16-9-11-17(12-10-16)20-15-28-22(25-20)18-6-5-7-19(18)24-13-4-2-1-3-8-21(26)27/h9-13,15,18-19H,1-8H2,(H,26,27). The molecular formula is C22H25N3O2S. The van der Waals surface area contributed by atoms with Crippen molar-refractivity contribution in [2.45, 2.75) is 63.3 Å². The molecule has 28 heavy (non-hydrogen) atoms. The number of rotatable bonds is 9. The molecule has 2 aromatic rings. The van der Waals surface area contributed by atoms with E-state index < -0.39 is 5.97 Å². The lowest BCUT2D eigenvalue weighted by atomic mass is 10.0. The van der Waals surface area contributed by atoms with E-state index in [1.165, 1.54) is 6.42 Å². The molecule has 1 aliphatic carbocycles. The SMILES string of the molecule is N#Cc1ccc(-c2csc(C3CCCC3N=CCCCCCC(=O)O)n2)cc1. The van der Waals surface area contributed by atoms with Gasteiger partial charge in [0.25, 0.3) is 0 Å². The number of aliphatic carboxylic acids is 1. The fourth-order valence-corrected chi connectivity index (χ4v) is 4.63. The van der Waals surface area contributed by atoms with Gasteiger partial charge >= 0.3 is 5.97 Å². The second-order valence-electron chi connectivity index (χ2n) is 7.19. The Labute approximate surface area is 169 Å². The van der Waals surface area contributed by atoms with Crippen molar-refractivity contribution >= 4 is 23.5 Å². The van der Waals surface area contributed by atoms with E-state index in [4.69, 9.17) is 20.3 Å². The summed E-state index contributed by atoms with van der Waals surface area (Å²) in [6, 6.07) is 10.0. The topological polar surface area (TPSA) is 86.3 Å². The normalized spacial score (nSPS) is 19.1. The number of nitrogens with zero attached hydrogens (tertiary/aromatic N) is 3. The first-order valence-corrected chi connectivity index (χ1v) is 10.7. The first kappa shape index (κ1) is 20.2. The van der Waals surface area contributed by atoms with Gasteiger partial charge in [-0.05, 0) is 50.5 Å². The predicted octanol–water partition coefficient (Wildman–Crippen LogP) is 5.42. The highest BCUT2D eigenvalue weighted by Crippen LogP contribution is 2.39. The van der Waals surface area contributed by atoms with E-state index in [0.29, 0.717) is 17.5 Å². The molecule has 1 aromatic heterocycles. The Bertz CT molecular complexity index is 851. The number of unbranched alkanes of at least 4 members (excludes halogenated alkanes) is 3. The number of carbonyl (C=O) groups is 1. The third-order valence-electron chi connectivity index (χ3n) is 5.15. The van der Waals surface area contributed by atoms with Gasteiger partial charge < -0.3 is 5.11 Å². The molecule has 1 saturated carbocycles. The van der Waals surface area contributed by atoms with Crippen molar-refractivity contribution in [1.29, 1.82) is 5.26 Å². The Balaban J connectivity index is 1.54. The van der Waals surface area contributed by atoms with Crippen molar-refractivity contribution in [3.8, 4) is 17.3 Å². The lowest BCUT2D eigenvalue weighted by Crippen LogP contribution is -2.09. The van der Waals surface area contributed by atoms with E-state index >= 15 is 0 Å². The molecule has 0 amide bonds. The zero-order valence-electron chi connectivity index (χ0n) is 15.9. The second kappa shape index (κ2) is 10.1. The molecule has 1 aromatic carbocycles. The smallest absolute Gasteiger partial charge is 0.303 e. The zero-order chi connectivity index (χ0) is 19.8. The minimum atomic E-state index is -0.716. The number of carboxylic acids is 1. The van der Waals surface area contributed by atoms with Gasteiger partial charge in [0.2, 0.25) is 0 Å². The van der Waals surface area contributed by atoms with Crippen molar-refractivity contribution in [2.75, 3.05) is 0 Å². The quantitative estimate of drug-likeness (QED) is 0.453. The molecule has 2 unspecified atom stereocenters. The molecular weight excluding hydrogens is 370 g/mol. The van der Waals surface area contributed by atoms with E-state index in [0.717, 1.165) is 54.8 Å². The van der Waals surface area contributed by atoms with Crippen molar-refractivity contribution in [2.24, 2.45) is 4.99 Å². The molecule has 1 fully saturated rings. The lowest BCUT2D eigenvalue weighted by Gasteiger charge is -2.12. The maximum Gasteiger partial charge on any atom is 0.303 e. The molecule has 0 radical (unpaired) electrons. The molecule has 146 valence electrons. The molecule has 0 spiro atoms. The van der Waals surface area contributed by atoms with Crippen LogP contribution in [0.4, 0.5) is 0 Å². The Morgan fingerprint density at radius 2 is 2.11 bits per heavy atom. The van der Waals surface area contributed by atoms with E-state index in [1.807, 2.05) is 30.5 Å². The fraction of sp³-hybridized carbons (Fsp3) is 0.455. The highest BCUT2D eigenvalue weighted by molar-refractivity contribution is 7.10. The number of aromatic nitrogens is 1. The molecule has 0 aliphatic heterocycles. The zero-order valence-corrected chi connectivity index (χ0v) is 16.7. The van der Waals surface area contributed by atoms with E-state index in [9.17, 15) is 4.79 Å². The lowest BCUT2D eigenvalue weighted by molar-refractivity contribution is -0.137. The Morgan fingerprint density at radius 1 is 1.29 bits per heavy atom. The van der Waals surface area contributed by atoms with Crippen LogP contribution >= 0.6 is 11.3 Å². The summed E-state index contributed by atoms with van der Waals surface area (Å²) in [6.07, 6.45) is 9.28. The maximum absolute atomic E-state index is 10.5. The second-order valence-corrected chi connectivity index (χ2v) is 8.08. The van der Waals surface area contributed by atoms with Gasteiger partial charge in [-0.2, -0.15) is 5.26 Å². The van der Waals surface area contributed by atoms with Crippen molar-refractivity contribution in [3.63, 3.8) is 0 Å². The summed E-state index contributed by atoms with van der Waals surface area (Å²) < 4.78 is 0. The van der Waals surface area contributed by atoms with Crippen molar-refractivity contribution in [3.05, 3.63) is 40.2 Å². The van der Waals surface area contributed by atoms with Gasteiger partial charge in [0.1, 0.15) is 0 Å². The van der Waals surface area contributed by atoms with Gasteiger partial charge in [-0.1, -0.05) is 25.0 Å². The van der Waals surface area contributed by atoms with Gasteiger partial charge in [-0.3, -0.25) is 9.79 Å². The van der Waals surface area contributed by atoms with Gasteiger partial charge in [0.05, 0.1) is 28.4 Å². The van der Waals surface area contributed by atoms with Crippen LogP contribution in [0.15, 0.2) is 34.6 Å². The average Bonchev–Trinajstić information content (AvgIpc) is 3.36. The van der Waals surface area contributed by atoms with Crippen molar-refractivity contribution < 1.29 is 9.90 Å². The van der Waals surface area contributed by atoms with E-state index in [2.05, 4.69) is 11.4 Å². The summed E-state index contributed by atoms with van der Waals surface area (Å²) >= 11 is 1.70.